The first-order valence-electron chi connectivity index (χ1n) is 11.5. The highest BCUT2D eigenvalue weighted by atomic mass is 16.6. The second-order valence-corrected chi connectivity index (χ2v) is 9.01. The number of esters is 1. The van der Waals surface area contributed by atoms with Crippen molar-refractivity contribution in [2.75, 3.05) is 13.2 Å². The Morgan fingerprint density at radius 3 is 2.50 bits per heavy atom. The highest BCUT2D eigenvalue weighted by Gasteiger charge is 2.40. The smallest absolute Gasteiger partial charge is 0.378 e. The molecular weight excluding hydrogens is 384 g/mol. The van der Waals surface area contributed by atoms with Crippen LogP contribution in [0.3, 0.4) is 0 Å². The van der Waals surface area contributed by atoms with E-state index < -0.39 is 30.5 Å². The SMILES string of the molecule is C/C(=C\CCCCOC1=C(O)C(=O)OC1C(O)CO)CCCC(C)CCCC(C)C. The number of allylic oxidation sites excluding steroid dienone is 2. The van der Waals surface area contributed by atoms with Crippen molar-refractivity contribution >= 4 is 5.97 Å². The Balaban J connectivity index is 2.17. The van der Waals surface area contributed by atoms with Crippen LogP contribution in [0.1, 0.15) is 85.5 Å². The van der Waals surface area contributed by atoms with E-state index in [4.69, 9.17) is 14.6 Å². The molecule has 6 nitrogen and oxygen atoms in total. The first-order chi connectivity index (χ1) is 14.3. The number of carbonyl (C=O) groups is 1. The number of rotatable bonds is 16. The largest absolute Gasteiger partial charge is 0.499 e. The van der Waals surface area contributed by atoms with Crippen molar-refractivity contribution in [2.24, 2.45) is 11.8 Å². The standard InChI is InChI=1S/C24H42O6/c1-17(2)10-8-12-19(4)14-9-13-18(3)11-6-5-7-15-29-23-21(27)24(28)30-22(23)20(26)16-25/h11,17,19-20,22,25-27H,5-10,12-16H2,1-4H3/b18-11+. The molecule has 0 radical (unpaired) electrons. The molecule has 0 spiro atoms. The molecule has 6 heteroatoms. The summed E-state index contributed by atoms with van der Waals surface area (Å²) in [6, 6.07) is 0. The third-order valence-electron chi connectivity index (χ3n) is 5.55. The van der Waals surface area contributed by atoms with E-state index in [1.807, 2.05) is 0 Å². The van der Waals surface area contributed by atoms with Crippen LogP contribution in [0.2, 0.25) is 0 Å². The minimum Gasteiger partial charge on any atom is -0.499 e. The summed E-state index contributed by atoms with van der Waals surface area (Å²) in [4.78, 5) is 11.4. The van der Waals surface area contributed by atoms with Crippen molar-refractivity contribution in [2.45, 2.75) is 97.7 Å². The topological polar surface area (TPSA) is 96.2 Å². The Hall–Kier alpha value is -1.53. The number of carbonyl (C=O) groups excluding carboxylic acids is 1. The van der Waals surface area contributed by atoms with E-state index in [-0.39, 0.29) is 5.76 Å². The quantitative estimate of drug-likeness (QED) is 0.186. The monoisotopic (exact) mass is 426 g/mol. The van der Waals surface area contributed by atoms with Crippen LogP contribution in [0.15, 0.2) is 23.2 Å². The Bertz CT molecular complexity index is 566. The number of unbranched alkanes of at least 4 members (excludes halogenated alkanes) is 2. The van der Waals surface area contributed by atoms with Crippen LogP contribution in [0.25, 0.3) is 0 Å². The summed E-state index contributed by atoms with van der Waals surface area (Å²) < 4.78 is 10.3. The molecule has 0 aromatic heterocycles. The summed E-state index contributed by atoms with van der Waals surface area (Å²) >= 11 is 0. The molecule has 1 heterocycles. The molecule has 1 rings (SSSR count). The minimum atomic E-state index is -1.31. The fraction of sp³-hybridized carbons (Fsp3) is 0.792. The molecule has 174 valence electrons. The van der Waals surface area contributed by atoms with Crippen LogP contribution < -0.4 is 0 Å². The molecule has 1 aliphatic rings. The van der Waals surface area contributed by atoms with E-state index in [1.165, 1.54) is 37.7 Å². The zero-order valence-electron chi connectivity index (χ0n) is 19.2. The lowest BCUT2D eigenvalue weighted by Gasteiger charge is -2.18. The fourth-order valence-corrected chi connectivity index (χ4v) is 3.59. The van der Waals surface area contributed by atoms with Gasteiger partial charge in [0.15, 0.2) is 11.9 Å². The number of cyclic esters (lactones) is 1. The van der Waals surface area contributed by atoms with Gasteiger partial charge >= 0.3 is 5.97 Å². The maximum atomic E-state index is 11.4. The van der Waals surface area contributed by atoms with Gasteiger partial charge in [-0.1, -0.05) is 58.1 Å². The highest BCUT2D eigenvalue weighted by molar-refractivity contribution is 5.89. The Morgan fingerprint density at radius 2 is 1.83 bits per heavy atom. The summed E-state index contributed by atoms with van der Waals surface area (Å²) in [6.07, 6.45) is 10.1. The van der Waals surface area contributed by atoms with Gasteiger partial charge in [-0.2, -0.15) is 0 Å². The molecule has 0 aliphatic carbocycles. The molecule has 30 heavy (non-hydrogen) atoms. The Kier molecular flexibility index (Phi) is 12.8. The third-order valence-corrected chi connectivity index (χ3v) is 5.55. The highest BCUT2D eigenvalue weighted by Crippen LogP contribution is 2.25. The van der Waals surface area contributed by atoms with E-state index in [9.17, 15) is 15.0 Å². The maximum absolute atomic E-state index is 11.4. The van der Waals surface area contributed by atoms with Crippen LogP contribution >= 0.6 is 0 Å². The lowest BCUT2D eigenvalue weighted by atomic mass is 9.94. The van der Waals surface area contributed by atoms with E-state index in [2.05, 4.69) is 33.8 Å². The molecule has 0 amide bonds. The van der Waals surface area contributed by atoms with Crippen molar-refractivity contribution in [1.82, 2.24) is 0 Å². The number of aliphatic hydroxyl groups is 3. The fourth-order valence-electron chi connectivity index (χ4n) is 3.59. The van der Waals surface area contributed by atoms with E-state index in [1.54, 1.807) is 0 Å². The molecule has 0 aromatic carbocycles. The summed E-state index contributed by atoms with van der Waals surface area (Å²) in [5.74, 6) is -0.0375. The van der Waals surface area contributed by atoms with Crippen molar-refractivity contribution in [3.63, 3.8) is 0 Å². The average molecular weight is 427 g/mol. The van der Waals surface area contributed by atoms with Gasteiger partial charge in [0.2, 0.25) is 5.76 Å². The number of hydrogen-bond acceptors (Lipinski definition) is 6. The second kappa shape index (κ2) is 14.5. The number of aliphatic hydroxyl groups excluding tert-OH is 3. The Labute approximate surface area is 182 Å². The van der Waals surface area contributed by atoms with Gasteiger partial charge in [0.25, 0.3) is 0 Å². The summed E-state index contributed by atoms with van der Waals surface area (Å²) in [5, 5.41) is 28.4. The lowest BCUT2D eigenvalue weighted by molar-refractivity contribution is -0.148. The van der Waals surface area contributed by atoms with Gasteiger partial charge in [0, 0.05) is 0 Å². The van der Waals surface area contributed by atoms with E-state index >= 15 is 0 Å². The van der Waals surface area contributed by atoms with Crippen molar-refractivity contribution in [3.05, 3.63) is 23.2 Å². The van der Waals surface area contributed by atoms with Gasteiger partial charge in [-0.25, -0.2) is 4.79 Å². The van der Waals surface area contributed by atoms with Crippen LogP contribution in [0.4, 0.5) is 0 Å². The van der Waals surface area contributed by atoms with Crippen molar-refractivity contribution in [1.29, 1.82) is 0 Å². The van der Waals surface area contributed by atoms with Gasteiger partial charge < -0.3 is 24.8 Å². The second-order valence-electron chi connectivity index (χ2n) is 9.01. The van der Waals surface area contributed by atoms with Crippen LogP contribution in [-0.4, -0.2) is 46.7 Å². The van der Waals surface area contributed by atoms with Crippen LogP contribution in [-0.2, 0) is 14.3 Å². The zero-order chi connectivity index (χ0) is 22.5. The summed E-state index contributed by atoms with van der Waals surface area (Å²) in [5.41, 5.74) is 1.42. The lowest BCUT2D eigenvalue weighted by Crippen LogP contribution is -2.32. The molecule has 3 unspecified atom stereocenters. The molecule has 0 saturated carbocycles. The van der Waals surface area contributed by atoms with Gasteiger partial charge in [0.1, 0.15) is 6.10 Å². The van der Waals surface area contributed by atoms with Crippen molar-refractivity contribution in [3.8, 4) is 0 Å². The van der Waals surface area contributed by atoms with Crippen LogP contribution in [0, 0.1) is 11.8 Å². The molecule has 3 atom stereocenters. The predicted molar refractivity (Wildman–Crippen MR) is 118 cm³/mol. The Morgan fingerprint density at radius 1 is 1.13 bits per heavy atom. The first kappa shape index (κ1) is 26.5. The summed E-state index contributed by atoms with van der Waals surface area (Å²) in [7, 11) is 0. The van der Waals surface area contributed by atoms with Crippen molar-refractivity contribution < 1.29 is 29.6 Å². The minimum absolute atomic E-state index is 0.0872. The average Bonchev–Trinajstić information content (AvgIpc) is 2.98. The summed E-state index contributed by atoms with van der Waals surface area (Å²) in [6.45, 7) is 8.85. The molecule has 0 saturated heterocycles. The normalized spacial score (nSPS) is 19.4. The molecule has 1 aliphatic heterocycles. The molecular formula is C24H42O6. The number of ether oxygens (including phenoxy) is 2. The third kappa shape index (κ3) is 9.98. The van der Waals surface area contributed by atoms with Gasteiger partial charge in [0.05, 0.1) is 13.2 Å². The van der Waals surface area contributed by atoms with Crippen LogP contribution in [0.5, 0.6) is 0 Å². The van der Waals surface area contributed by atoms with E-state index in [0.717, 1.165) is 37.5 Å². The molecule has 0 aromatic rings. The van der Waals surface area contributed by atoms with Gasteiger partial charge in [-0.3, -0.25) is 0 Å². The maximum Gasteiger partial charge on any atom is 0.378 e. The molecule has 0 bridgehead atoms. The molecule has 3 N–H and O–H groups in total. The molecule has 0 fully saturated rings. The predicted octanol–water partition coefficient (Wildman–Crippen LogP) is 4.80. The zero-order valence-corrected chi connectivity index (χ0v) is 19.2. The van der Waals surface area contributed by atoms with Gasteiger partial charge in [-0.15, -0.1) is 0 Å². The first-order valence-corrected chi connectivity index (χ1v) is 11.5. The van der Waals surface area contributed by atoms with E-state index in [0.29, 0.717) is 6.61 Å². The van der Waals surface area contributed by atoms with Gasteiger partial charge in [-0.05, 0) is 50.9 Å². The number of hydrogen-bond donors (Lipinski definition) is 3.